The van der Waals surface area contributed by atoms with Crippen molar-refractivity contribution in [2.24, 2.45) is 0 Å². The molecule has 5 heteroatoms. The molecular formula is C14H14ClNO2S. The zero-order valence-electron chi connectivity index (χ0n) is 10.4. The minimum Gasteiger partial charge on any atom is -0.207 e. The summed E-state index contributed by atoms with van der Waals surface area (Å²) in [6, 6.07) is 14.0. The maximum atomic E-state index is 12.1. The van der Waals surface area contributed by atoms with Gasteiger partial charge < -0.3 is 0 Å². The van der Waals surface area contributed by atoms with Gasteiger partial charge in [0.05, 0.1) is 4.90 Å². The quantitative estimate of drug-likeness (QED) is 0.942. The predicted molar refractivity (Wildman–Crippen MR) is 76.7 cm³/mol. The summed E-state index contributed by atoms with van der Waals surface area (Å²) in [5.74, 6) is 0. The molecule has 2 aromatic rings. The van der Waals surface area contributed by atoms with Crippen LogP contribution >= 0.6 is 11.6 Å². The van der Waals surface area contributed by atoms with Crippen molar-refractivity contribution in [2.75, 3.05) is 0 Å². The second-order valence-corrected chi connectivity index (χ2v) is 6.40. The molecule has 0 saturated carbocycles. The topological polar surface area (TPSA) is 46.2 Å². The summed E-state index contributed by atoms with van der Waals surface area (Å²) in [5.41, 5.74) is 1.65. The molecule has 0 aliphatic carbocycles. The van der Waals surface area contributed by atoms with E-state index in [1.54, 1.807) is 19.1 Å². The van der Waals surface area contributed by atoms with Crippen LogP contribution in [-0.4, -0.2) is 8.42 Å². The highest BCUT2D eigenvalue weighted by Gasteiger charge is 2.14. The first kappa shape index (κ1) is 14.1. The van der Waals surface area contributed by atoms with E-state index in [4.69, 9.17) is 11.6 Å². The van der Waals surface area contributed by atoms with Crippen molar-refractivity contribution in [3.8, 4) is 0 Å². The zero-order valence-corrected chi connectivity index (χ0v) is 12.0. The first-order valence-electron chi connectivity index (χ1n) is 5.79. The minimum absolute atomic E-state index is 0.227. The molecule has 0 unspecified atom stereocenters. The molecular weight excluding hydrogens is 282 g/mol. The average molecular weight is 296 g/mol. The lowest BCUT2D eigenvalue weighted by molar-refractivity contribution is 0.581. The summed E-state index contributed by atoms with van der Waals surface area (Å²) >= 11 is 5.89. The van der Waals surface area contributed by atoms with Crippen molar-refractivity contribution in [1.82, 2.24) is 4.72 Å². The van der Waals surface area contributed by atoms with Gasteiger partial charge in [-0.25, -0.2) is 13.1 Å². The lowest BCUT2D eigenvalue weighted by Gasteiger charge is -2.08. The van der Waals surface area contributed by atoms with E-state index in [1.165, 1.54) is 6.07 Å². The second-order valence-electron chi connectivity index (χ2n) is 4.22. The van der Waals surface area contributed by atoms with Crippen molar-refractivity contribution in [2.45, 2.75) is 18.4 Å². The first-order valence-corrected chi connectivity index (χ1v) is 7.65. The lowest BCUT2D eigenvalue weighted by Crippen LogP contribution is -2.23. The first-order chi connectivity index (χ1) is 8.99. The number of sulfonamides is 1. The average Bonchev–Trinajstić information content (AvgIpc) is 2.41. The number of rotatable bonds is 4. The van der Waals surface area contributed by atoms with Gasteiger partial charge in [-0.15, -0.1) is 0 Å². The molecule has 0 spiro atoms. The van der Waals surface area contributed by atoms with Crippen LogP contribution in [0.25, 0.3) is 0 Å². The summed E-state index contributed by atoms with van der Waals surface area (Å²) in [4.78, 5) is 0.227. The van der Waals surface area contributed by atoms with E-state index < -0.39 is 10.0 Å². The van der Waals surface area contributed by atoms with Gasteiger partial charge in [0, 0.05) is 11.6 Å². The van der Waals surface area contributed by atoms with Crippen molar-refractivity contribution in [3.63, 3.8) is 0 Å². The Kier molecular flexibility index (Phi) is 4.24. The van der Waals surface area contributed by atoms with Crippen LogP contribution in [0.2, 0.25) is 5.02 Å². The largest absolute Gasteiger partial charge is 0.240 e. The van der Waals surface area contributed by atoms with E-state index in [9.17, 15) is 8.42 Å². The highest BCUT2D eigenvalue weighted by molar-refractivity contribution is 7.89. The molecule has 0 amide bonds. The molecule has 3 nitrogen and oxygen atoms in total. The summed E-state index contributed by atoms with van der Waals surface area (Å²) in [6.07, 6.45) is 0. The third-order valence-corrected chi connectivity index (χ3v) is 4.57. The van der Waals surface area contributed by atoms with Gasteiger partial charge >= 0.3 is 0 Å². The Labute approximate surface area is 118 Å². The van der Waals surface area contributed by atoms with E-state index in [2.05, 4.69) is 4.72 Å². The molecule has 0 fully saturated rings. The number of benzene rings is 2. The number of halogens is 1. The fourth-order valence-electron chi connectivity index (χ4n) is 1.64. The Hall–Kier alpha value is -1.36. The summed E-state index contributed by atoms with van der Waals surface area (Å²) in [7, 11) is -3.51. The summed E-state index contributed by atoms with van der Waals surface area (Å²) in [5, 5.41) is 0.557. The Bertz CT molecular complexity index is 669. The van der Waals surface area contributed by atoms with Crippen LogP contribution in [0.5, 0.6) is 0 Å². The second kappa shape index (κ2) is 5.74. The molecule has 19 heavy (non-hydrogen) atoms. The molecule has 0 heterocycles. The highest BCUT2D eigenvalue weighted by atomic mass is 35.5. The van der Waals surface area contributed by atoms with Crippen LogP contribution in [0.4, 0.5) is 0 Å². The number of hydrogen-bond donors (Lipinski definition) is 1. The minimum atomic E-state index is -3.51. The van der Waals surface area contributed by atoms with E-state index in [1.807, 2.05) is 30.3 Å². The van der Waals surface area contributed by atoms with Crippen molar-refractivity contribution < 1.29 is 8.42 Å². The predicted octanol–water partition coefficient (Wildman–Crippen LogP) is 3.13. The number of nitrogens with one attached hydrogen (secondary N) is 1. The molecule has 0 radical (unpaired) electrons. The van der Waals surface area contributed by atoms with Gasteiger partial charge in [0.1, 0.15) is 0 Å². The van der Waals surface area contributed by atoms with Gasteiger partial charge in [-0.3, -0.25) is 0 Å². The van der Waals surface area contributed by atoms with E-state index in [0.717, 1.165) is 11.1 Å². The Morgan fingerprint density at radius 3 is 2.42 bits per heavy atom. The van der Waals surface area contributed by atoms with Gasteiger partial charge in [0.15, 0.2) is 0 Å². The van der Waals surface area contributed by atoms with Gasteiger partial charge in [-0.05, 0) is 36.2 Å². The fourth-order valence-corrected chi connectivity index (χ4v) is 2.86. The van der Waals surface area contributed by atoms with Crippen molar-refractivity contribution >= 4 is 21.6 Å². The maximum Gasteiger partial charge on any atom is 0.240 e. The third-order valence-electron chi connectivity index (χ3n) is 2.75. The smallest absolute Gasteiger partial charge is 0.207 e. The fraction of sp³-hybridized carbons (Fsp3) is 0.143. The van der Waals surface area contributed by atoms with Crippen LogP contribution in [0.3, 0.4) is 0 Å². The van der Waals surface area contributed by atoms with Crippen LogP contribution in [-0.2, 0) is 16.6 Å². The van der Waals surface area contributed by atoms with E-state index in [-0.39, 0.29) is 11.4 Å². The highest BCUT2D eigenvalue weighted by Crippen LogP contribution is 2.19. The number of hydrogen-bond acceptors (Lipinski definition) is 2. The molecule has 1 N–H and O–H groups in total. The van der Waals surface area contributed by atoms with E-state index in [0.29, 0.717) is 5.02 Å². The molecule has 0 saturated heterocycles. The van der Waals surface area contributed by atoms with E-state index >= 15 is 0 Å². The molecule has 0 aliphatic heterocycles. The Balaban J connectivity index is 2.16. The lowest BCUT2D eigenvalue weighted by atomic mass is 10.2. The molecule has 0 bridgehead atoms. The monoisotopic (exact) mass is 295 g/mol. The normalized spacial score (nSPS) is 11.5. The van der Waals surface area contributed by atoms with Gasteiger partial charge in [0.25, 0.3) is 0 Å². The summed E-state index contributed by atoms with van der Waals surface area (Å²) < 4.78 is 26.8. The Morgan fingerprint density at radius 1 is 1.11 bits per heavy atom. The molecule has 0 aliphatic rings. The SMILES string of the molecule is Cc1cc(S(=O)(=O)NCc2ccccc2)ccc1Cl. The van der Waals surface area contributed by atoms with Gasteiger partial charge in [-0.2, -0.15) is 0 Å². The van der Waals surface area contributed by atoms with Gasteiger partial charge in [0.2, 0.25) is 10.0 Å². The molecule has 100 valence electrons. The van der Waals surface area contributed by atoms with Crippen LogP contribution in [0.15, 0.2) is 53.4 Å². The van der Waals surface area contributed by atoms with Crippen LogP contribution in [0, 0.1) is 6.92 Å². The zero-order chi connectivity index (χ0) is 13.9. The van der Waals surface area contributed by atoms with Gasteiger partial charge in [-0.1, -0.05) is 41.9 Å². The maximum absolute atomic E-state index is 12.1. The molecule has 2 aromatic carbocycles. The van der Waals surface area contributed by atoms with Crippen molar-refractivity contribution in [1.29, 1.82) is 0 Å². The van der Waals surface area contributed by atoms with Crippen molar-refractivity contribution in [3.05, 3.63) is 64.7 Å². The number of aryl methyl sites for hydroxylation is 1. The molecule has 0 atom stereocenters. The third kappa shape index (κ3) is 3.56. The van der Waals surface area contributed by atoms with Crippen LogP contribution in [0.1, 0.15) is 11.1 Å². The van der Waals surface area contributed by atoms with Crippen LogP contribution < -0.4 is 4.72 Å². The molecule has 0 aromatic heterocycles. The summed E-state index contributed by atoms with van der Waals surface area (Å²) in [6.45, 7) is 2.05. The Morgan fingerprint density at radius 2 is 1.79 bits per heavy atom. The molecule has 2 rings (SSSR count). The standard InChI is InChI=1S/C14H14ClNO2S/c1-11-9-13(7-8-14(11)15)19(17,18)16-10-12-5-3-2-4-6-12/h2-9,16H,10H2,1H3.